The highest BCUT2D eigenvalue weighted by atomic mass is 127. The lowest BCUT2D eigenvalue weighted by molar-refractivity contribution is 0.508. The van der Waals surface area contributed by atoms with E-state index in [-0.39, 0.29) is 24.0 Å². The second kappa shape index (κ2) is 8.35. The molecule has 1 atom stereocenters. The normalized spacial score (nSPS) is 18.4. The molecule has 2 rings (SSSR count). The van der Waals surface area contributed by atoms with Gasteiger partial charge in [-0.05, 0) is 24.5 Å². The highest BCUT2D eigenvalue weighted by Gasteiger charge is 2.23. The highest BCUT2D eigenvalue weighted by molar-refractivity contribution is 14.0. The minimum Gasteiger partial charge on any atom is -0.371 e. The molecule has 1 aliphatic rings. The lowest BCUT2D eigenvalue weighted by Crippen LogP contribution is -2.38. The van der Waals surface area contributed by atoms with Gasteiger partial charge in [-0.15, -0.1) is 24.0 Å². The van der Waals surface area contributed by atoms with Gasteiger partial charge in [0.25, 0.3) is 0 Å². The molecular formula is C14H21F2IN4. The summed E-state index contributed by atoms with van der Waals surface area (Å²) in [6.07, 6.45) is 1.02. The lowest BCUT2D eigenvalue weighted by Gasteiger charge is -2.19. The van der Waals surface area contributed by atoms with Crippen molar-refractivity contribution in [2.75, 3.05) is 38.6 Å². The molecule has 1 saturated heterocycles. The third kappa shape index (κ3) is 4.69. The maximum Gasteiger partial charge on any atom is 0.190 e. The zero-order chi connectivity index (χ0) is 14.5. The number of nitrogens with one attached hydrogen (secondary N) is 2. The van der Waals surface area contributed by atoms with Gasteiger partial charge in [0.15, 0.2) is 17.6 Å². The van der Waals surface area contributed by atoms with E-state index in [9.17, 15) is 8.78 Å². The molecule has 1 unspecified atom stereocenters. The topological polar surface area (TPSA) is 39.7 Å². The monoisotopic (exact) mass is 410 g/mol. The average molecular weight is 410 g/mol. The van der Waals surface area contributed by atoms with Gasteiger partial charge < -0.3 is 15.5 Å². The zero-order valence-electron chi connectivity index (χ0n) is 12.2. The lowest BCUT2D eigenvalue weighted by atomic mass is 10.1. The Balaban J connectivity index is 0.00000220. The Bertz CT molecular complexity index is 496. The molecule has 21 heavy (non-hydrogen) atoms. The van der Waals surface area contributed by atoms with Crippen LogP contribution in [-0.4, -0.2) is 39.7 Å². The van der Waals surface area contributed by atoms with Gasteiger partial charge in [0, 0.05) is 45.5 Å². The summed E-state index contributed by atoms with van der Waals surface area (Å²) in [6.45, 7) is 2.50. The van der Waals surface area contributed by atoms with Crippen LogP contribution in [0.3, 0.4) is 0 Å². The van der Waals surface area contributed by atoms with E-state index in [2.05, 4.69) is 20.5 Å². The Hall–Kier alpha value is -1.12. The van der Waals surface area contributed by atoms with Crippen molar-refractivity contribution in [1.82, 2.24) is 10.6 Å². The van der Waals surface area contributed by atoms with Gasteiger partial charge in [-0.2, -0.15) is 0 Å². The van der Waals surface area contributed by atoms with Crippen LogP contribution in [-0.2, 0) is 0 Å². The summed E-state index contributed by atoms with van der Waals surface area (Å²) in [4.78, 5) is 6.14. The number of guanidine groups is 1. The molecular weight excluding hydrogens is 389 g/mol. The SMILES string of the molecule is CN=C(NC)NCC1CCN(c2ccc(F)c(F)c2)C1.I. The minimum atomic E-state index is -0.802. The molecule has 0 aliphatic carbocycles. The molecule has 7 heteroatoms. The van der Waals surface area contributed by atoms with Crippen LogP contribution in [0.2, 0.25) is 0 Å². The van der Waals surface area contributed by atoms with Crippen LogP contribution >= 0.6 is 24.0 Å². The van der Waals surface area contributed by atoms with Crippen LogP contribution in [0, 0.1) is 17.6 Å². The third-order valence-corrected chi connectivity index (χ3v) is 3.57. The fourth-order valence-corrected chi connectivity index (χ4v) is 2.44. The van der Waals surface area contributed by atoms with Gasteiger partial charge in [-0.25, -0.2) is 8.78 Å². The Morgan fingerprint density at radius 3 is 2.76 bits per heavy atom. The predicted octanol–water partition coefficient (Wildman–Crippen LogP) is 2.20. The smallest absolute Gasteiger partial charge is 0.190 e. The van der Waals surface area contributed by atoms with Crippen molar-refractivity contribution in [1.29, 1.82) is 0 Å². The predicted molar refractivity (Wildman–Crippen MR) is 92.5 cm³/mol. The number of rotatable bonds is 3. The Labute approximate surface area is 141 Å². The van der Waals surface area contributed by atoms with E-state index < -0.39 is 11.6 Å². The molecule has 1 aromatic carbocycles. The van der Waals surface area contributed by atoms with Crippen LogP contribution in [0.15, 0.2) is 23.2 Å². The van der Waals surface area contributed by atoms with Crippen LogP contribution in [0.5, 0.6) is 0 Å². The third-order valence-electron chi connectivity index (χ3n) is 3.57. The first kappa shape index (κ1) is 17.9. The first-order chi connectivity index (χ1) is 9.63. The Kier molecular flexibility index (Phi) is 7.13. The Morgan fingerprint density at radius 2 is 2.14 bits per heavy atom. The van der Waals surface area contributed by atoms with Gasteiger partial charge in [0.05, 0.1) is 0 Å². The molecule has 2 N–H and O–H groups in total. The standard InChI is InChI=1S/C14H20F2N4.HI/c1-17-14(18-2)19-8-10-5-6-20(9-10)11-3-4-12(15)13(16)7-11;/h3-4,7,10H,5-6,8-9H2,1-2H3,(H2,17,18,19);1H. The van der Waals surface area contributed by atoms with Crippen molar-refractivity contribution < 1.29 is 8.78 Å². The Morgan fingerprint density at radius 1 is 1.38 bits per heavy atom. The highest BCUT2D eigenvalue weighted by Crippen LogP contribution is 2.24. The second-order valence-electron chi connectivity index (χ2n) is 4.90. The van der Waals surface area contributed by atoms with Crippen molar-refractivity contribution in [3.63, 3.8) is 0 Å². The molecule has 0 amide bonds. The maximum absolute atomic E-state index is 13.2. The quantitative estimate of drug-likeness (QED) is 0.456. The van der Waals surface area contributed by atoms with E-state index in [4.69, 9.17) is 0 Å². The van der Waals surface area contributed by atoms with Crippen molar-refractivity contribution in [3.8, 4) is 0 Å². The number of aliphatic imine (C=N–C) groups is 1. The molecule has 118 valence electrons. The summed E-state index contributed by atoms with van der Waals surface area (Å²) >= 11 is 0. The van der Waals surface area contributed by atoms with E-state index >= 15 is 0 Å². The van der Waals surface area contributed by atoms with E-state index in [1.165, 1.54) is 12.1 Å². The summed E-state index contributed by atoms with van der Waals surface area (Å²) in [5.41, 5.74) is 0.740. The number of nitrogens with zero attached hydrogens (tertiary/aromatic N) is 2. The number of hydrogen-bond donors (Lipinski definition) is 2. The number of anilines is 1. The number of halogens is 3. The molecule has 1 aliphatic heterocycles. The molecule has 0 aromatic heterocycles. The molecule has 0 radical (unpaired) electrons. The van der Waals surface area contributed by atoms with Crippen molar-refractivity contribution >= 4 is 35.6 Å². The van der Waals surface area contributed by atoms with Crippen molar-refractivity contribution in [3.05, 3.63) is 29.8 Å². The summed E-state index contributed by atoms with van der Waals surface area (Å²) in [5.74, 6) is -0.367. The van der Waals surface area contributed by atoms with Crippen LogP contribution < -0.4 is 15.5 Å². The first-order valence-electron chi connectivity index (χ1n) is 6.72. The second-order valence-corrected chi connectivity index (χ2v) is 4.90. The van der Waals surface area contributed by atoms with Crippen LogP contribution in [0.25, 0.3) is 0 Å². The van der Waals surface area contributed by atoms with Crippen molar-refractivity contribution in [2.45, 2.75) is 6.42 Å². The number of benzene rings is 1. The molecule has 4 nitrogen and oxygen atoms in total. The summed E-state index contributed by atoms with van der Waals surface area (Å²) in [6, 6.07) is 4.07. The molecule has 1 aromatic rings. The van der Waals surface area contributed by atoms with E-state index in [0.717, 1.165) is 37.7 Å². The van der Waals surface area contributed by atoms with E-state index in [1.807, 2.05) is 7.05 Å². The van der Waals surface area contributed by atoms with Crippen LogP contribution in [0.4, 0.5) is 14.5 Å². The zero-order valence-corrected chi connectivity index (χ0v) is 14.5. The summed E-state index contributed by atoms with van der Waals surface area (Å²) in [7, 11) is 3.54. The van der Waals surface area contributed by atoms with E-state index in [1.54, 1.807) is 13.1 Å². The largest absolute Gasteiger partial charge is 0.371 e. The molecule has 0 saturated carbocycles. The van der Waals surface area contributed by atoms with Gasteiger partial charge in [0.2, 0.25) is 0 Å². The van der Waals surface area contributed by atoms with Crippen molar-refractivity contribution in [2.24, 2.45) is 10.9 Å². The van der Waals surface area contributed by atoms with E-state index in [0.29, 0.717) is 5.92 Å². The molecule has 0 bridgehead atoms. The van der Waals surface area contributed by atoms with Gasteiger partial charge >= 0.3 is 0 Å². The van der Waals surface area contributed by atoms with Crippen LogP contribution in [0.1, 0.15) is 6.42 Å². The molecule has 1 fully saturated rings. The fourth-order valence-electron chi connectivity index (χ4n) is 2.44. The van der Waals surface area contributed by atoms with Gasteiger partial charge in [-0.1, -0.05) is 0 Å². The maximum atomic E-state index is 13.2. The summed E-state index contributed by atoms with van der Waals surface area (Å²) in [5, 5.41) is 6.20. The fraction of sp³-hybridized carbons (Fsp3) is 0.500. The summed E-state index contributed by atoms with van der Waals surface area (Å²) < 4.78 is 26.2. The minimum absolute atomic E-state index is 0. The first-order valence-corrected chi connectivity index (χ1v) is 6.72. The average Bonchev–Trinajstić information content (AvgIpc) is 2.92. The molecule has 1 heterocycles. The molecule has 0 spiro atoms. The van der Waals surface area contributed by atoms with Gasteiger partial charge in [-0.3, -0.25) is 4.99 Å². The number of hydrogen-bond acceptors (Lipinski definition) is 2. The van der Waals surface area contributed by atoms with Gasteiger partial charge in [0.1, 0.15) is 0 Å².